The maximum Gasteiger partial charge on any atom is 0.286 e. The number of benzene rings is 3. The van der Waals surface area contributed by atoms with E-state index in [1.807, 2.05) is 42.5 Å². The minimum Gasteiger partial charge on any atom is -0.506 e. The van der Waals surface area contributed by atoms with Crippen molar-refractivity contribution in [3.8, 4) is 17.2 Å². The van der Waals surface area contributed by atoms with Gasteiger partial charge < -0.3 is 15.2 Å². The number of aromatic nitrogens is 2. The molecule has 3 aromatic carbocycles. The average Bonchev–Trinajstić information content (AvgIpc) is 2.92. The molecule has 2 aromatic heterocycles. The lowest BCUT2D eigenvalue weighted by molar-refractivity contribution is 0.477. The number of pyridine rings is 2. The molecule has 1 aliphatic rings. The van der Waals surface area contributed by atoms with Gasteiger partial charge >= 0.3 is 0 Å². The van der Waals surface area contributed by atoms with E-state index in [1.54, 1.807) is 42.5 Å². The molecule has 0 radical (unpaired) electrons. The zero-order chi connectivity index (χ0) is 26.3. The molecule has 0 saturated carbocycles. The Morgan fingerprint density at radius 2 is 1.66 bits per heavy atom. The summed E-state index contributed by atoms with van der Waals surface area (Å²) in [6.07, 6.45) is 1.52. The van der Waals surface area contributed by atoms with Crippen molar-refractivity contribution in [1.29, 1.82) is 0 Å². The van der Waals surface area contributed by atoms with Crippen LogP contribution in [0.5, 0.6) is 17.2 Å². The Morgan fingerprint density at radius 1 is 0.895 bits per heavy atom. The summed E-state index contributed by atoms with van der Waals surface area (Å²) in [4.78, 5) is 18.1. The number of aromatic hydroxyl groups is 1. The standard InChI is InChI=1S/C28H20N4O5S/c33-25-21-12-7-15-29-27(21)32(17-18-8-6-11-20(16-18)37-19-9-2-1-3-10-19)28(34)24(25)26-30-22-13-4-5-14-23(22)38(35,36)31-26/h1-16,33H,17H2,(H,30,31). The number of nitrogens with one attached hydrogen (secondary N) is 1. The van der Waals surface area contributed by atoms with Crippen molar-refractivity contribution in [3.63, 3.8) is 0 Å². The largest absolute Gasteiger partial charge is 0.506 e. The molecular formula is C28H20N4O5S. The third-order valence-corrected chi connectivity index (χ3v) is 7.41. The predicted octanol–water partition coefficient (Wildman–Crippen LogP) is 4.50. The molecule has 5 aromatic rings. The van der Waals surface area contributed by atoms with Crippen molar-refractivity contribution in [1.82, 2.24) is 9.55 Å². The Morgan fingerprint density at radius 3 is 2.50 bits per heavy atom. The SMILES string of the molecule is O=c1c(C2=NS(=O)(=O)c3ccccc3N2)c(O)c2cccnc2n1Cc1cccc(Oc2ccccc2)c1. The Kier molecular flexibility index (Phi) is 5.65. The molecule has 6 rings (SSSR count). The number of anilines is 1. The fourth-order valence-corrected chi connectivity index (χ4v) is 5.48. The zero-order valence-electron chi connectivity index (χ0n) is 19.8. The number of amidine groups is 1. The molecule has 0 spiro atoms. The minimum absolute atomic E-state index is 0.0127. The molecule has 2 N–H and O–H groups in total. The highest BCUT2D eigenvalue weighted by atomic mass is 32.2. The molecule has 0 fully saturated rings. The van der Waals surface area contributed by atoms with Crippen molar-refractivity contribution in [2.45, 2.75) is 11.4 Å². The smallest absolute Gasteiger partial charge is 0.286 e. The van der Waals surface area contributed by atoms with E-state index in [-0.39, 0.29) is 39.6 Å². The summed E-state index contributed by atoms with van der Waals surface area (Å²) in [7, 11) is -4.10. The first kappa shape index (κ1) is 23.4. The van der Waals surface area contributed by atoms with Crippen molar-refractivity contribution < 1.29 is 18.3 Å². The van der Waals surface area contributed by atoms with E-state index in [4.69, 9.17) is 4.74 Å². The Bertz CT molecular complexity index is 1900. The molecule has 10 heteroatoms. The van der Waals surface area contributed by atoms with Crippen LogP contribution in [0.25, 0.3) is 11.0 Å². The van der Waals surface area contributed by atoms with Crippen molar-refractivity contribution in [2.75, 3.05) is 5.32 Å². The Labute approximate surface area is 217 Å². The van der Waals surface area contributed by atoms with Gasteiger partial charge in [-0.2, -0.15) is 8.42 Å². The summed E-state index contributed by atoms with van der Waals surface area (Å²) >= 11 is 0. The number of rotatable bonds is 5. The van der Waals surface area contributed by atoms with Gasteiger partial charge in [0.2, 0.25) is 0 Å². The van der Waals surface area contributed by atoms with E-state index < -0.39 is 21.3 Å². The van der Waals surface area contributed by atoms with Gasteiger partial charge in [0.05, 0.1) is 17.6 Å². The summed E-state index contributed by atoms with van der Waals surface area (Å²) in [5.74, 6) is 0.589. The molecule has 0 saturated heterocycles. The number of fused-ring (bicyclic) bond motifs is 2. The topological polar surface area (TPSA) is 123 Å². The molecule has 0 unspecified atom stereocenters. The van der Waals surface area contributed by atoms with Crippen molar-refractivity contribution >= 4 is 32.6 Å². The maximum absolute atomic E-state index is 13.8. The summed E-state index contributed by atoms with van der Waals surface area (Å²) < 4.78 is 36.9. The van der Waals surface area contributed by atoms with Gasteiger partial charge in [0.15, 0.2) is 5.84 Å². The fourth-order valence-electron chi connectivity index (χ4n) is 4.36. The van der Waals surface area contributed by atoms with Gasteiger partial charge in [0.25, 0.3) is 15.6 Å². The van der Waals surface area contributed by atoms with E-state index >= 15 is 0 Å². The second-order valence-corrected chi connectivity index (χ2v) is 10.2. The Balaban J connectivity index is 1.47. The van der Waals surface area contributed by atoms with Crippen LogP contribution in [0.15, 0.2) is 111 Å². The molecule has 9 nitrogen and oxygen atoms in total. The molecule has 188 valence electrons. The minimum atomic E-state index is -4.10. The summed E-state index contributed by atoms with van der Waals surface area (Å²) in [5.41, 5.74) is 0.331. The molecule has 38 heavy (non-hydrogen) atoms. The van der Waals surface area contributed by atoms with Crippen LogP contribution < -0.4 is 15.6 Å². The van der Waals surface area contributed by atoms with Crippen LogP contribution in [0.2, 0.25) is 0 Å². The van der Waals surface area contributed by atoms with Gasteiger partial charge in [-0.25, -0.2) is 4.98 Å². The summed E-state index contributed by atoms with van der Waals surface area (Å²) in [5, 5.41) is 14.3. The number of hydrogen-bond acceptors (Lipinski definition) is 7. The highest BCUT2D eigenvalue weighted by Crippen LogP contribution is 2.32. The van der Waals surface area contributed by atoms with E-state index in [9.17, 15) is 18.3 Å². The van der Waals surface area contributed by atoms with E-state index in [0.29, 0.717) is 11.5 Å². The first-order valence-corrected chi connectivity index (χ1v) is 13.1. The monoisotopic (exact) mass is 524 g/mol. The van der Waals surface area contributed by atoms with Crippen LogP contribution in [0, 0.1) is 0 Å². The molecule has 0 amide bonds. The third kappa shape index (κ3) is 4.16. The highest BCUT2D eigenvalue weighted by molar-refractivity contribution is 7.90. The van der Waals surface area contributed by atoms with Crippen LogP contribution >= 0.6 is 0 Å². The van der Waals surface area contributed by atoms with E-state index in [0.717, 1.165) is 5.56 Å². The first-order valence-electron chi connectivity index (χ1n) is 11.6. The fraction of sp³-hybridized carbons (Fsp3) is 0.0357. The molecule has 3 heterocycles. The number of sulfonamides is 1. The van der Waals surface area contributed by atoms with Gasteiger partial charge in [0.1, 0.15) is 33.4 Å². The van der Waals surface area contributed by atoms with Gasteiger partial charge in [-0.1, -0.05) is 42.5 Å². The summed E-state index contributed by atoms with van der Waals surface area (Å²) in [6, 6.07) is 26.0. The number of para-hydroxylation sites is 2. The molecular weight excluding hydrogens is 504 g/mol. The van der Waals surface area contributed by atoms with Crippen LogP contribution in [0.4, 0.5) is 5.69 Å². The maximum atomic E-state index is 13.8. The number of hydrogen-bond donors (Lipinski definition) is 2. The lowest BCUT2D eigenvalue weighted by atomic mass is 10.1. The average molecular weight is 525 g/mol. The normalized spacial score (nSPS) is 13.8. The molecule has 1 aliphatic heterocycles. The van der Waals surface area contributed by atoms with Gasteiger partial charge in [-0.05, 0) is 54.1 Å². The van der Waals surface area contributed by atoms with Crippen LogP contribution in [-0.2, 0) is 16.6 Å². The van der Waals surface area contributed by atoms with Gasteiger partial charge in [-0.3, -0.25) is 9.36 Å². The van der Waals surface area contributed by atoms with Crippen LogP contribution in [-0.4, -0.2) is 28.9 Å². The second kappa shape index (κ2) is 9.16. The third-order valence-electron chi connectivity index (χ3n) is 6.08. The lowest BCUT2D eigenvalue weighted by Crippen LogP contribution is -2.33. The Hall–Kier alpha value is -4.96. The quantitative estimate of drug-likeness (QED) is 0.347. The van der Waals surface area contributed by atoms with Crippen LogP contribution in [0.1, 0.15) is 11.1 Å². The van der Waals surface area contributed by atoms with Crippen molar-refractivity contribution in [3.05, 3.63) is 119 Å². The van der Waals surface area contributed by atoms with E-state index in [1.165, 1.54) is 16.8 Å². The molecule has 0 atom stereocenters. The second-order valence-electron chi connectivity index (χ2n) is 8.59. The number of ether oxygens (including phenoxy) is 1. The van der Waals surface area contributed by atoms with E-state index in [2.05, 4.69) is 14.7 Å². The first-order chi connectivity index (χ1) is 18.4. The number of nitrogens with zero attached hydrogens (tertiary/aromatic N) is 3. The summed E-state index contributed by atoms with van der Waals surface area (Å²) in [6.45, 7) is 0.0855. The van der Waals surface area contributed by atoms with Gasteiger partial charge in [-0.15, -0.1) is 4.40 Å². The van der Waals surface area contributed by atoms with Crippen LogP contribution in [0.3, 0.4) is 0 Å². The van der Waals surface area contributed by atoms with Crippen molar-refractivity contribution in [2.24, 2.45) is 4.40 Å². The predicted molar refractivity (Wildman–Crippen MR) is 144 cm³/mol. The molecule has 0 aliphatic carbocycles. The zero-order valence-corrected chi connectivity index (χ0v) is 20.6. The lowest BCUT2D eigenvalue weighted by Gasteiger charge is -2.20. The highest BCUT2D eigenvalue weighted by Gasteiger charge is 2.29. The molecule has 0 bridgehead atoms. The van der Waals surface area contributed by atoms with Gasteiger partial charge in [0, 0.05) is 6.20 Å².